The van der Waals surface area contributed by atoms with Crippen LogP contribution in [0.15, 0.2) is 12.1 Å². The summed E-state index contributed by atoms with van der Waals surface area (Å²) in [5, 5.41) is 0.586. The Balaban J connectivity index is 1.91. The van der Waals surface area contributed by atoms with E-state index in [1.807, 2.05) is 6.07 Å². The lowest BCUT2D eigenvalue weighted by atomic mass is 9.76. The van der Waals surface area contributed by atoms with Crippen LogP contribution in [0.2, 0.25) is 5.15 Å². The normalized spacial score (nSPS) is 20.7. The predicted molar refractivity (Wildman–Crippen MR) is 81.7 cm³/mol. The van der Waals surface area contributed by atoms with Crippen LogP contribution in [0.3, 0.4) is 0 Å². The molecule has 2 aliphatic rings. The van der Waals surface area contributed by atoms with Gasteiger partial charge in [-0.15, -0.1) is 0 Å². The minimum atomic E-state index is 0.220. The first-order chi connectivity index (χ1) is 9.61. The number of anilines is 1. The Hall–Kier alpha value is -0.840. The number of pyridine rings is 1. The second kappa shape index (κ2) is 5.51. The molecule has 2 aliphatic heterocycles. The van der Waals surface area contributed by atoms with Crippen molar-refractivity contribution in [1.29, 1.82) is 0 Å². The van der Waals surface area contributed by atoms with Crippen molar-refractivity contribution in [3.63, 3.8) is 0 Å². The van der Waals surface area contributed by atoms with E-state index < -0.39 is 0 Å². The summed E-state index contributed by atoms with van der Waals surface area (Å²) < 4.78 is 5.56. The number of likely N-dealkylation sites (N-methyl/N-ethyl adjacent to an activating group) is 1. The van der Waals surface area contributed by atoms with E-state index in [4.69, 9.17) is 16.3 Å². The highest BCUT2D eigenvalue weighted by molar-refractivity contribution is 6.29. The van der Waals surface area contributed by atoms with Crippen molar-refractivity contribution in [2.45, 2.75) is 18.3 Å². The number of aromatic nitrogens is 1. The maximum Gasteiger partial charge on any atom is 0.134 e. The first-order valence-electron chi connectivity index (χ1n) is 7.25. The topological polar surface area (TPSA) is 28.6 Å². The third-order valence-electron chi connectivity index (χ3n) is 4.47. The van der Waals surface area contributed by atoms with Crippen LogP contribution in [0.4, 0.5) is 5.82 Å². The fourth-order valence-corrected chi connectivity index (χ4v) is 3.44. The zero-order chi connectivity index (χ0) is 14.2. The molecule has 0 atom stereocenters. The van der Waals surface area contributed by atoms with Crippen LogP contribution in [-0.2, 0) is 10.2 Å². The molecule has 3 rings (SSSR count). The van der Waals surface area contributed by atoms with Crippen molar-refractivity contribution in [1.82, 2.24) is 9.88 Å². The summed E-state index contributed by atoms with van der Waals surface area (Å²) in [7, 11) is 4.21. The number of hydrogen-bond acceptors (Lipinski definition) is 4. The van der Waals surface area contributed by atoms with Gasteiger partial charge in [0.05, 0.1) is 0 Å². The van der Waals surface area contributed by atoms with E-state index in [1.54, 1.807) is 0 Å². The zero-order valence-corrected chi connectivity index (χ0v) is 13.0. The SMILES string of the molecule is CN(C)CCN1CC2(CCOCC2)c2ccc(Cl)nc21. The van der Waals surface area contributed by atoms with Crippen molar-refractivity contribution in [2.75, 3.05) is 51.8 Å². The largest absolute Gasteiger partial charge is 0.381 e. The molecule has 20 heavy (non-hydrogen) atoms. The van der Waals surface area contributed by atoms with E-state index in [9.17, 15) is 0 Å². The molecular formula is C15H22ClN3O. The maximum absolute atomic E-state index is 6.11. The Morgan fingerprint density at radius 3 is 2.80 bits per heavy atom. The van der Waals surface area contributed by atoms with E-state index in [1.165, 1.54) is 5.56 Å². The smallest absolute Gasteiger partial charge is 0.134 e. The highest BCUT2D eigenvalue weighted by Gasteiger charge is 2.44. The summed E-state index contributed by atoms with van der Waals surface area (Å²) >= 11 is 6.11. The average molecular weight is 296 g/mol. The molecule has 0 radical (unpaired) electrons. The van der Waals surface area contributed by atoms with E-state index in [2.05, 4.69) is 34.9 Å². The molecule has 0 unspecified atom stereocenters. The summed E-state index contributed by atoms with van der Waals surface area (Å²) in [6, 6.07) is 4.10. The molecule has 110 valence electrons. The summed E-state index contributed by atoms with van der Waals surface area (Å²) in [6.45, 7) is 4.77. The molecule has 0 bridgehead atoms. The van der Waals surface area contributed by atoms with Gasteiger partial charge < -0.3 is 14.5 Å². The molecule has 1 aromatic heterocycles. The van der Waals surface area contributed by atoms with E-state index in [0.29, 0.717) is 5.15 Å². The van der Waals surface area contributed by atoms with E-state index >= 15 is 0 Å². The molecule has 1 saturated heterocycles. The van der Waals surface area contributed by atoms with Gasteiger partial charge in [-0.2, -0.15) is 0 Å². The highest BCUT2D eigenvalue weighted by Crippen LogP contribution is 2.45. The van der Waals surface area contributed by atoms with Crippen molar-refractivity contribution >= 4 is 17.4 Å². The number of ether oxygens (including phenoxy) is 1. The Labute approximate surface area is 125 Å². The first kappa shape index (κ1) is 14.1. The van der Waals surface area contributed by atoms with Gasteiger partial charge in [0, 0.05) is 43.8 Å². The van der Waals surface area contributed by atoms with Crippen LogP contribution >= 0.6 is 11.6 Å². The number of hydrogen-bond donors (Lipinski definition) is 0. The van der Waals surface area contributed by atoms with Gasteiger partial charge in [0.15, 0.2) is 0 Å². The lowest BCUT2D eigenvalue weighted by Gasteiger charge is -2.34. The Morgan fingerprint density at radius 2 is 2.10 bits per heavy atom. The fraction of sp³-hybridized carbons (Fsp3) is 0.667. The van der Waals surface area contributed by atoms with Crippen LogP contribution in [-0.4, -0.2) is 56.8 Å². The van der Waals surface area contributed by atoms with Crippen LogP contribution < -0.4 is 4.90 Å². The fourth-order valence-electron chi connectivity index (χ4n) is 3.30. The van der Waals surface area contributed by atoms with Gasteiger partial charge in [0.25, 0.3) is 0 Å². The highest BCUT2D eigenvalue weighted by atomic mass is 35.5. The minimum Gasteiger partial charge on any atom is -0.381 e. The van der Waals surface area contributed by atoms with Gasteiger partial charge in [0.2, 0.25) is 0 Å². The molecule has 5 heteroatoms. The number of fused-ring (bicyclic) bond motifs is 2. The third-order valence-corrected chi connectivity index (χ3v) is 4.68. The average Bonchev–Trinajstić information content (AvgIpc) is 2.71. The summed E-state index contributed by atoms with van der Waals surface area (Å²) in [6.07, 6.45) is 2.17. The van der Waals surface area contributed by atoms with Gasteiger partial charge in [-0.1, -0.05) is 17.7 Å². The molecule has 1 aromatic rings. The quantitative estimate of drug-likeness (QED) is 0.799. The molecule has 3 heterocycles. The molecule has 0 amide bonds. The Morgan fingerprint density at radius 1 is 1.35 bits per heavy atom. The predicted octanol–water partition coefficient (Wildman–Crippen LogP) is 2.16. The molecule has 0 aromatic carbocycles. The Bertz CT molecular complexity index is 486. The second-order valence-electron chi connectivity index (χ2n) is 6.12. The van der Waals surface area contributed by atoms with Crippen LogP contribution in [0, 0.1) is 0 Å². The van der Waals surface area contributed by atoms with Gasteiger partial charge >= 0.3 is 0 Å². The number of halogens is 1. The van der Waals surface area contributed by atoms with Crippen molar-refractivity contribution in [3.05, 3.63) is 22.8 Å². The number of nitrogens with zero attached hydrogens (tertiary/aromatic N) is 3. The third kappa shape index (κ3) is 2.52. The van der Waals surface area contributed by atoms with Crippen molar-refractivity contribution in [2.24, 2.45) is 0 Å². The van der Waals surface area contributed by atoms with Gasteiger partial charge in [0.1, 0.15) is 11.0 Å². The summed E-state index contributed by atoms with van der Waals surface area (Å²) in [5.41, 5.74) is 1.58. The van der Waals surface area contributed by atoms with Gasteiger partial charge in [-0.05, 0) is 33.0 Å². The van der Waals surface area contributed by atoms with E-state index in [0.717, 1.165) is 51.5 Å². The molecule has 4 nitrogen and oxygen atoms in total. The number of rotatable bonds is 3. The Kier molecular flexibility index (Phi) is 3.89. The van der Waals surface area contributed by atoms with Crippen LogP contribution in [0.25, 0.3) is 0 Å². The van der Waals surface area contributed by atoms with Crippen molar-refractivity contribution in [3.8, 4) is 0 Å². The van der Waals surface area contributed by atoms with Crippen LogP contribution in [0.5, 0.6) is 0 Å². The van der Waals surface area contributed by atoms with Gasteiger partial charge in [-0.25, -0.2) is 4.98 Å². The summed E-state index contributed by atoms with van der Waals surface area (Å²) in [5.74, 6) is 1.08. The van der Waals surface area contributed by atoms with Crippen molar-refractivity contribution < 1.29 is 4.74 Å². The molecule has 0 N–H and O–H groups in total. The molecule has 1 fully saturated rings. The van der Waals surface area contributed by atoms with E-state index in [-0.39, 0.29) is 5.41 Å². The lowest BCUT2D eigenvalue weighted by molar-refractivity contribution is 0.0553. The monoisotopic (exact) mass is 295 g/mol. The zero-order valence-electron chi connectivity index (χ0n) is 12.2. The second-order valence-corrected chi connectivity index (χ2v) is 6.51. The van der Waals surface area contributed by atoms with Crippen LogP contribution in [0.1, 0.15) is 18.4 Å². The summed E-state index contributed by atoms with van der Waals surface area (Å²) in [4.78, 5) is 9.20. The molecule has 0 saturated carbocycles. The minimum absolute atomic E-state index is 0.220. The molecule has 0 aliphatic carbocycles. The maximum atomic E-state index is 6.11. The lowest BCUT2D eigenvalue weighted by Crippen LogP contribution is -2.40. The molecular weight excluding hydrogens is 274 g/mol. The molecule has 1 spiro atoms. The van der Waals surface area contributed by atoms with Gasteiger partial charge in [-0.3, -0.25) is 0 Å². The first-order valence-corrected chi connectivity index (χ1v) is 7.63. The standard InChI is InChI=1S/C15H22ClN3O/c1-18(2)7-8-19-11-15(5-9-20-10-6-15)12-3-4-13(16)17-14(12)19/h3-4H,5-11H2,1-2H3.